The van der Waals surface area contributed by atoms with Crippen molar-refractivity contribution in [3.63, 3.8) is 0 Å². The van der Waals surface area contributed by atoms with Gasteiger partial charge >= 0.3 is 0 Å². The Kier molecular flexibility index (Phi) is 5.34. The van der Waals surface area contributed by atoms with E-state index in [1.807, 2.05) is 44.2 Å². The molecule has 0 saturated heterocycles. The monoisotopic (exact) mass is 390 g/mol. The number of benzene rings is 3. The Labute approximate surface area is 158 Å². The number of aryl methyl sites for hydroxylation is 2. The summed E-state index contributed by atoms with van der Waals surface area (Å²) in [5, 5.41) is 12.7. The first-order valence-electron chi connectivity index (χ1n) is 8.11. The zero-order valence-corrected chi connectivity index (χ0v) is 16.0. The summed E-state index contributed by atoms with van der Waals surface area (Å²) in [6.07, 6.45) is -1.16. The van der Waals surface area contributed by atoms with Gasteiger partial charge in [-0.25, -0.2) is 0 Å². The Bertz CT molecular complexity index is 1040. The number of rotatable bonds is 5. The van der Waals surface area contributed by atoms with Crippen LogP contribution in [-0.4, -0.2) is 20.1 Å². The van der Waals surface area contributed by atoms with Crippen molar-refractivity contribution < 1.29 is 17.7 Å². The molecule has 6 heteroatoms. The molecule has 0 unspecified atom stereocenters. The Morgan fingerprint density at radius 2 is 1.73 bits per heavy atom. The van der Waals surface area contributed by atoms with Crippen LogP contribution in [0.1, 0.15) is 22.8 Å². The second-order valence-corrected chi connectivity index (χ2v) is 8.20. The van der Waals surface area contributed by atoms with Crippen molar-refractivity contribution in [2.75, 3.05) is 6.61 Å². The summed E-state index contributed by atoms with van der Waals surface area (Å²) < 4.78 is 29.6. The molecule has 0 spiro atoms. The molecule has 0 aromatic heterocycles. The Balaban J connectivity index is 1.85. The summed E-state index contributed by atoms with van der Waals surface area (Å²) in [7, 11) is -3.95. The van der Waals surface area contributed by atoms with Crippen molar-refractivity contribution in [2.45, 2.75) is 24.8 Å². The van der Waals surface area contributed by atoms with Gasteiger partial charge in [-0.1, -0.05) is 59.6 Å². The molecule has 136 valence electrons. The number of fused-ring (bicyclic) bond motifs is 1. The molecule has 0 aliphatic rings. The van der Waals surface area contributed by atoms with E-state index >= 15 is 0 Å². The smallest absolute Gasteiger partial charge is 0.297 e. The quantitative estimate of drug-likeness (QED) is 0.649. The highest BCUT2D eigenvalue weighted by atomic mass is 35.5. The number of halogens is 1. The van der Waals surface area contributed by atoms with Gasteiger partial charge in [0.15, 0.2) is 0 Å². The Morgan fingerprint density at radius 1 is 1.08 bits per heavy atom. The molecule has 0 aliphatic heterocycles. The lowest BCUT2D eigenvalue weighted by atomic mass is 9.98. The van der Waals surface area contributed by atoms with Gasteiger partial charge in [0, 0.05) is 10.9 Å². The highest BCUT2D eigenvalue weighted by Gasteiger charge is 2.22. The molecular weight excluding hydrogens is 372 g/mol. The Morgan fingerprint density at radius 3 is 2.42 bits per heavy atom. The van der Waals surface area contributed by atoms with E-state index in [0.29, 0.717) is 10.6 Å². The fraction of sp³-hybridized carbons (Fsp3) is 0.200. The standard InChI is InChI=1S/C20H19ClO4S/c1-13-7-9-16(10-8-13)26(23,24)25-12-18(22)19-14(2)11-15-5-3-4-6-17(15)20(19)21/h3-11,18,22H,12H2,1-2H3/t18-/m1/s1. The molecule has 1 atom stereocenters. The highest BCUT2D eigenvalue weighted by Crippen LogP contribution is 2.34. The summed E-state index contributed by atoms with van der Waals surface area (Å²) in [5.41, 5.74) is 2.20. The van der Waals surface area contributed by atoms with Crippen molar-refractivity contribution in [3.05, 3.63) is 76.3 Å². The van der Waals surface area contributed by atoms with Crippen LogP contribution in [0.5, 0.6) is 0 Å². The predicted octanol–water partition coefficient (Wildman–Crippen LogP) is 4.55. The van der Waals surface area contributed by atoms with E-state index in [4.69, 9.17) is 15.8 Å². The fourth-order valence-corrected chi connectivity index (χ4v) is 4.23. The maximum Gasteiger partial charge on any atom is 0.297 e. The SMILES string of the molecule is Cc1ccc(S(=O)(=O)OC[C@@H](O)c2c(C)cc3ccccc3c2Cl)cc1. The average Bonchev–Trinajstić information content (AvgIpc) is 2.60. The molecule has 0 bridgehead atoms. The van der Waals surface area contributed by atoms with Crippen LogP contribution >= 0.6 is 11.6 Å². The van der Waals surface area contributed by atoms with Gasteiger partial charge in [-0.15, -0.1) is 0 Å². The van der Waals surface area contributed by atoms with Crippen LogP contribution in [-0.2, 0) is 14.3 Å². The molecule has 0 aliphatic carbocycles. The Hall–Kier alpha value is -1.92. The van der Waals surface area contributed by atoms with Crippen molar-refractivity contribution in [2.24, 2.45) is 0 Å². The number of hydrogen-bond acceptors (Lipinski definition) is 4. The van der Waals surface area contributed by atoms with E-state index < -0.39 is 22.8 Å². The van der Waals surface area contributed by atoms with Crippen LogP contribution in [0.2, 0.25) is 5.02 Å². The molecule has 4 nitrogen and oxygen atoms in total. The third kappa shape index (κ3) is 3.76. The lowest BCUT2D eigenvalue weighted by Gasteiger charge is -2.17. The first kappa shape index (κ1) is 18.9. The summed E-state index contributed by atoms with van der Waals surface area (Å²) in [4.78, 5) is 0.0524. The average molecular weight is 391 g/mol. The third-order valence-electron chi connectivity index (χ3n) is 4.25. The van der Waals surface area contributed by atoms with E-state index in [1.54, 1.807) is 12.1 Å². The van der Waals surface area contributed by atoms with Crippen LogP contribution < -0.4 is 0 Å². The van der Waals surface area contributed by atoms with Gasteiger partial charge < -0.3 is 5.11 Å². The predicted molar refractivity (Wildman–Crippen MR) is 103 cm³/mol. The topological polar surface area (TPSA) is 63.6 Å². The van der Waals surface area contributed by atoms with Crippen LogP contribution in [0.25, 0.3) is 10.8 Å². The molecule has 0 radical (unpaired) electrons. The molecule has 0 heterocycles. The summed E-state index contributed by atoms with van der Waals surface area (Å²) in [5.74, 6) is 0. The molecule has 0 fully saturated rings. The first-order valence-corrected chi connectivity index (χ1v) is 9.90. The van der Waals surface area contributed by atoms with Gasteiger partial charge in [0.2, 0.25) is 0 Å². The van der Waals surface area contributed by atoms with Gasteiger partial charge in [0.25, 0.3) is 10.1 Å². The molecular formula is C20H19ClO4S. The lowest BCUT2D eigenvalue weighted by molar-refractivity contribution is 0.111. The summed E-state index contributed by atoms with van der Waals surface area (Å²) in [6.45, 7) is 3.28. The van der Waals surface area contributed by atoms with Crippen molar-refractivity contribution in [1.29, 1.82) is 0 Å². The van der Waals surface area contributed by atoms with Crippen molar-refractivity contribution in [1.82, 2.24) is 0 Å². The maximum absolute atomic E-state index is 12.3. The van der Waals surface area contributed by atoms with Crippen LogP contribution in [0.3, 0.4) is 0 Å². The molecule has 26 heavy (non-hydrogen) atoms. The minimum atomic E-state index is -3.95. The third-order valence-corrected chi connectivity index (χ3v) is 5.96. The van der Waals surface area contributed by atoms with E-state index in [0.717, 1.165) is 21.9 Å². The van der Waals surface area contributed by atoms with Gasteiger partial charge in [-0.2, -0.15) is 8.42 Å². The molecule has 3 aromatic rings. The van der Waals surface area contributed by atoms with Crippen molar-refractivity contribution >= 4 is 32.5 Å². The molecule has 3 aromatic carbocycles. The number of hydrogen-bond donors (Lipinski definition) is 1. The lowest BCUT2D eigenvalue weighted by Crippen LogP contribution is -2.14. The van der Waals surface area contributed by atoms with Crippen molar-refractivity contribution in [3.8, 4) is 0 Å². The fourth-order valence-electron chi connectivity index (χ4n) is 2.87. The molecule has 0 saturated carbocycles. The van der Waals surface area contributed by atoms with E-state index in [2.05, 4.69) is 0 Å². The van der Waals surface area contributed by atoms with E-state index in [9.17, 15) is 13.5 Å². The number of aliphatic hydroxyl groups excluding tert-OH is 1. The minimum Gasteiger partial charge on any atom is -0.386 e. The van der Waals surface area contributed by atoms with Gasteiger partial charge in [-0.05, 0) is 36.9 Å². The van der Waals surface area contributed by atoms with Gasteiger partial charge in [-0.3, -0.25) is 4.18 Å². The second-order valence-electron chi connectivity index (χ2n) is 6.21. The van der Waals surface area contributed by atoms with Gasteiger partial charge in [0.1, 0.15) is 6.10 Å². The van der Waals surface area contributed by atoms with Gasteiger partial charge in [0.05, 0.1) is 16.5 Å². The van der Waals surface area contributed by atoms with Crippen LogP contribution in [0.15, 0.2) is 59.5 Å². The molecule has 1 N–H and O–H groups in total. The normalized spacial score (nSPS) is 13.1. The number of aliphatic hydroxyl groups is 1. The van der Waals surface area contributed by atoms with E-state index in [1.165, 1.54) is 12.1 Å². The second kappa shape index (κ2) is 7.37. The zero-order valence-electron chi connectivity index (χ0n) is 14.4. The molecule has 0 amide bonds. The summed E-state index contributed by atoms with van der Waals surface area (Å²) in [6, 6.07) is 15.8. The maximum atomic E-state index is 12.3. The van der Waals surface area contributed by atoms with Crippen LogP contribution in [0.4, 0.5) is 0 Å². The highest BCUT2D eigenvalue weighted by molar-refractivity contribution is 7.86. The first-order chi connectivity index (χ1) is 12.3. The largest absolute Gasteiger partial charge is 0.386 e. The van der Waals surface area contributed by atoms with E-state index in [-0.39, 0.29) is 4.90 Å². The summed E-state index contributed by atoms with van der Waals surface area (Å²) >= 11 is 6.46. The zero-order chi connectivity index (χ0) is 18.9. The molecule has 3 rings (SSSR count). The minimum absolute atomic E-state index is 0.0524. The van der Waals surface area contributed by atoms with Crippen LogP contribution in [0, 0.1) is 13.8 Å².